The molecule has 1 rings (SSSR count). The number of benzene rings is 1. The van der Waals surface area contributed by atoms with Crippen LogP contribution in [0.2, 0.25) is 0 Å². The van der Waals surface area contributed by atoms with Crippen molar-refractivity contribution in [1.29, 1.82) is 0 Å². The molecule has 1 amide bonds. The Morgan fingerprint density at radius 1 is 1.62 bits per heavy atom. The monoisotopic (exact) mass is 199 g/mol. The maximum Gasteiger partial charge on any atom is 0.413 e. The number of alkyl halides is 1. The summed E-state index contributed by atoms with van der Waals surface area (Å²) in [7, 11) is 0. The molecule has 0 saturated heterocycles. The van der Waals surface area contributed by atoms with E-state index in [-0.39, 0.29) is 6.00 Å². The van der Waals surface area contributed by atoms with Crippen LogP contribution in [0.4, 0.5) is 4.79 Å². The lowest BCUT2D eigenvalue weighted by atomic mass is 10.2. The van der Waals surface area contributed by atoms with E-state index in [1.807, 2.05) is 19.1 Å². The number of hydrogen-bond donors (Lipinski definition) is 1. The molecule has 0 radical (unpaired) electrons. The fourth-order valence-electron chi connectivity index (χ4n) is 0.877. The van der Waals surface area contributed by atoms with Gasteiger partial charge in [0.15, 0.2) is 0 Å². The molecule has 0 unspecified atom stereocenters. The topological polar surface area (TPSA) is 38.3 Å². The van der Waals surface area contributed by atoms with Crippen LogP contribution in [0.3, 0.4) is 0 Å². The van der Waals surface area contributed by atoms with Crippen molar-refractivity contribution in [3.05, 3.63) is 29.8 Å². The second kappa shape index (κ2) is 4.72. The zero-order valence-electron chi connectivity index (χ0n) is 7.21. The predicted molar refractivity (Wildman–Crippen MR) is 51.1 cm³/mol. The molecule has 0 heterocycles. The van der Waals surface area contributed by atoms with Crippen molar-refractivity contribution >= 4 is 17.7 Å². The lowest BCUT2D eigenvalue weighted by molar-refractivity contribution is 0.202. The van der Waals surface area contributed by atoms with E-state index in [0.717, 1.165) is 5.56 Å². The molecule has 0 spiro atoms. The van der Waals surface area contributed by atoms with E-state index in [2.05, 4.69) is 5.32 Å². The van der Waals surface area contributed by atoms with Gasteiger partial charge in [-0.05, 0) is 24.6 Å². The first-order valence-corrected chi connectivity index (χ1v) is 4.34. The van der Waals surface area contributed by atoms with Crippen molar-refractivity contribution in [3.8, 4) is 5.75 Å². The average molecular weight is 200 g/mol. The standard InChI is InChI=1S/C9H10ClNO2/c1-7-3-2-4-8(5-7)13-9(12)11-6-10/h2-5H,6H2,1H3,(H,11,12). The van der Waals surface area contributed by atoms with E-state index in [1.165, 1.54) is 0 Å². The van der Waals surface area contributed by atoms with Crippen LogP contribution >= 0.6 is 11.6 Å². The number of ether oxygens (including phenoxy) is 1. The van der Waals surface area contributed by atoms with Crippen molar-refractivity contribution in [2.24, 2.45) is 0 Å². The van der Waals surface area contributed by atoms with E-state index >= 15 is 0 Å². The third kappa shape index (κ3) is 3.34. The Morgan fingerprint density at radius 2 is 2.38 bits per heavy atom. The van der Waals surface area contributed by atoms with Gasteiger partial charge in [-0.3, -0.25) is 0 Å². The first kappa shape index (κ1) is 9.86. The van der Waals surface area contributed by atoms with Crippen molar-refractivity contribution in [2.75, 3.05) is 6.00 Å². The largest absolute Gasteiger partial charge is 0.413 e. The lowest BCUT2D eigenvalue weighted by Gasteiger charge is -2.03. The maximum atomic E-state index is 10.9. The Hall–Kier alpha value is -1.22. The molecule has 3 nitrogen and oxygen atoms in total. The molecule has 1 N–H and O–H groups in total. The Morgan fingerprint density at radius 3 is 3.00 bits per heavy atom. The Labute approximate surface area is 81.7 Å². The quantitative estimate of drug-likeness (QED) is 0.586. The molecule has 70 valence electrons. The summed E-state index contributed by atoms with van der Waals surface area (Å²) in [4.78, 5) is 10.9. The molecule has 4 heteroatoms. The molecule has 0 bridgehead atoms. The lowest BCUT2D eigenvalue weighted by Crippen LogP contribution is -2.25. The zero-order valence-corrected chi connectivity index (χ0v) is 7.97. The molecule has 0 aliphatic rings. The van der Waals surface area contributed by atoms with Gasteiger partial charge in [0, 0.05) is 0 Å². The molecule has 0 fully saturated rings. The van der Waals surface area contributed by atoms with Gasteiger partial charge in [-0.1, -0.05) is 12.1 Å². The van der Waals surface area contributed by atoms with E-state index in [4.69, 9.17) is 16.3 Å². The number of rotatable bonds is 2. The van der Waals surface area contributed by atoms with Crippen molar-refractivity contribution in [3.63, 3.8) is 0 Å². The van der Waals surface area contributed by atoms with E-state index in [1.54, 1.807) is 12.1 Å². The maximum absolute atomic E-state index is 10.9. The summed E-state index contributed by atoms with van der Waals surface area (Å²) >= 11 is 5.28. The molecule has 13 heavy (non-hydrogen) atoms. The van der Waals surface area contributed by atoms with Gasteiger partial charge in [-0.25, -0.2) is 4.79 Å². The van der Waals surface area contributed by atoms with Crippen LogP contribution in [-0.2, 0) is 0 Å². The summed E-state index contributed by atoms with van der Waals surface area (Å²) in [6.45, 7) is 1.92. The zero-order chi connectivity index (χ0) is 9.68. The van der Waals surface area contributed by atoms with Gasteiger partial charge in [-0.15, -0.1) is 11.6 Å². The van der Waals surface area contributed by atoms with Gasteiger partial charge in [-0.2, -0.15) is 0 Å². The first-order chi connectivity index (χ1) is 6.22. The number of carbonyl (C=O) groups excluding carboxylic acids is 1. The second-order valence-electron chi connectivity index (χ2n) is 2.52. The van der Waals surface area contributed by atoms with E-state index in [9.17, 15) is 4.79 Å². The fraction of sp³-hybridized carbons (Fsp3) is 0.222. The second-order valence-corrected chi connectivity index (χ2v) is 2.78. The summed E-state index contributed by atoms with van der Waals surface area (Å²) in [5, 5.41) is 2.32. The van der Waals surface area contributed by atoms with E-state index < -0.39 is 6.09 Å². The Bertz CT molecular complexity index is 301. The number of halogens is 1. The summed E-state index contributed by atoms with van der Waals surface area (Å²) in [6.07, 6.45) is -0.541. The Balaban J connectivity index is 2.58. The summed E-state index contributed by atoms with van der Waals surface area (Å²) in [5.41, 5.74) is 1.04. The van der Waals surface area contributed by atoms with Crippen LogP contribution in [0.25, 0.3) is 0 Å². The molecule has 0 saturated carbocycles. The Kier molecular flexibility index (Phi) is 3.58. The molecule has 0 aliphatic carbocycles. The fourth-order valence-corrected chi connectivity index (χ4v) is 0.986. The van der Waals surface area contributed by atoms with Gasteiger partial charge >= 0.3 is 6.09 Å². The number of aryl methyl sites for hydroxylation is 1. The van der Waals surface area contributed by atoms with Crippen LogP contribution in [0, 0.1) is 6.92 Å². The molecular formula is C9H10ClNO2. The SMILES string of the molecule is Cc1cccc(OC(=O)NCCl)c1. The highest BCUT2D eigenvalue weighted by Gasteiger charge is 2.01. The van der Waals surface area contributed by atoms with Crippen LogP contribution in [0.15, 0.2) is 24.3 Å². The van der Waals surface area contributed by atoms with Crippen molar-refractivity contribution in [2.45, 2.75) is 6.92 Å². The summed E-state index contributed by atoms with van der Waals surface area (Å²) < 4.78 is 4.90. The minimum atomic E-state index is -0.541. The normalized spacial score (nSPS) is 9.38. The highest BCUT2D eigenvalue weighted by atomic mass is 35.5. The van der Waals surface area contributed by atoms with Gasteiger partial charge in [0.1, 0.15) is 5.75 Å². The predicted octanol–water partition coefficient (Wildman–Crippen LogP) is 2.28. The molecule has 0 atom stereocenters. The highest BCUT2D eigenvalue weighted by Crippen LogP contribution is 2.12. The third-order valence-electron chi connectivity index (χ3n) is 1.41. The average Bonchev–Trinajstić information content (AvgIpc) is 2.04. The van der Waals surface area contributed by atoms with Crippen LogP contribution < -0.4 is 10.1 Å². The molecular weight excluding hydrogens is 190 g/mol. The number of carbonyl (C=O) groups is 1. The van der Waals surface area contributed by atoms with Gasteiger partial charge in [0.2, 0.25) is 0 Å². The molecule has 1 aromatic rings. The third-order valence-corrected chi connectivity index (χ3v) is 1.54. The smallest absolute Gasteiger partial charge is 0.410 e. The number of hydrogen-bond acceptors (Lipinski definition) is 2. The highest BCUT2D eigenvalue weighted by molar-refractivity contribution is 6.18. The van der Waals surface area contributed by atoms with Crippen molar-refractivity contribution < 1.29 is 9.53 Å². The number of nitrogens with one attached hydrogen (secondary N) is 1. The van der Waals surface area contributed by atoms with Crippen molar-refractivity contribution in [1.82, 2.24) is 5.32 Å². The van der Waals surface area contributed by atoms with Gasteiger partial charge in [0.25, 0.3) is 0 Å². The minimum Gasteiger partial charge on any atom is -0.410 e. The summed E-state index contributed by atoms with van der Waals surface area (Å²) in [5.74, 6) is 0.516. The van der Waals surface area contributed by atoms with Crippen LogP contribution in [0.1, 0.15) is 5.56 Å². The summed E-state index contributed by atoms with van der Waals surface area (Å²) in [6, 6.07) is 7.27. The van der Waals surface area contributed by atoms with Crippen LogP contribution in [-0.4, -0.2) is 12.1 Å². The molecule has 1 aromatic carbocycles. The minimum absolute atomic E-state index is 0.0463. The van der Waals surface area contributed by atoms with Crippen LogP contribution in [0.5, 0.6) is 5.75 Å². The first-order valence-electron chi connectivity index (χ1n) is 3.80. The molecule has 0 aromatic heterocycles. The van der Waals surface area contributed by atoms with Gasteiger partial charge < -0.3 is 10.1 Å². The van der Waals surface area contributed by atoms with E-state index in [0.29, 0.717) is 5.75 Å². The van der Waals surface area contributed by atoms with Gasteiger partial charge in [0.05, 0.1) is 6.00 Å². The molecule has 0 aliphatic heterocycles. The number of amides is 1.